The number of hydrogen-bond acceptors (Lipinski definition) is 6. The third kappa shape index (κ3) is 7.04. The summed E-state index contributed by atoms with van der Waals surface area (Å²) in [4.78, 5) is 31.8. The summed E-state index contributed by atoms with van der Waals surface area (Å²) in [7, 11) is -0.0930. The molecule has 1 saturated carbocycles. The van der Waals surface area contributed by atoms with Gasteiger partial charge in [0.05, 0.1) is 28.1 Å². The highest BCUT2D eigenvalue weighted by Gasteiger charge is 2.40. The van der Waals surface area contributed by atoms with Gasteiger partial charge in [-0.25, -0.2) is 9.00 Å². The van der Waals surface area contributed by atoms with Crippen molar-refractivity contribution in [3.8, 4) is 5.75 Å². The lowest BCUT2D eigenvalue weighted by Gasteiger charge is -2.46. The van der Waals surface area contributed by atoms with Gasteiger partial charge >= 0.3 is 6.03 Å². The number of aliphatic imine (C=N–C) groups is 1. The van der Waals surface area contributed by atoms with Crippen LogP contribution in [0.15, 0.2) is 57.9 Å². The van der Waals surface area contributed by atoms with E-state index in [1.54, 1.807) is 13.2 Å². The van der Waals surface area contributed by atoms with Gasteiger partial charge < -0.3 is 19.7 Å². The molecule has 0 aromatic heterocycles. The van der Waals surface area contributed by atoms with Gasteiger partial charge in [-0.1, -0.05) is 36.7 Å². The molecule has 0 spiro atoms. The van der Waals surface area contributed by atoms with E-state index >= 15 is 0 Å². The quantitative estimate of drug-likeness (QED) is 0.223. The number of rotatable bonds is 2. The number of aryl methyl sites for hydroxylation is 1. The van der Waals surface area contributed by atoms with Crippen molar-refractivity contribution in [3.63, 3.8) is 0 Å². The Morgan fingerprint density at radius 3 is 2.78 bits per heavy atom. The average molecular weight is 667 g/mol. The van der Waals surface area contributed by atoms with Crippen molar-refractivity contribution in [2.24, 2.45) is 33.0 Å². The molecule has 11 heteroatoms. The number of hydrogen-bond donors (Lipinski definition) is 1. The molecular weight excluding hydrogens is 624 g/mol. The van der Waals surface area contributed by atoms with Gasteiger partial charge in [-0.2, -0.15) is 9.36 Å². The lowest BCUT2D eigenvalue weighted by Crippen LogP contribution is -2.46. The van der Waals surface area contributed by atoms with Crippen LogP contribution in [-0.2, 0) is 20.9 Å². The second-order valence-electron chi connectivity index (χ2n) is 13.2. The first kappa shape index (κ1) is 32.7. The number of carbonyl (C=O) groups excluding carboxylic acids is 2. The molecule has 0 saturated heterocycles. The summed E-state index contributed by atoms with van der Waals surface area (Å²) in [5, 5.41) is 3.15. The van der Waals surface area contributed by atoms with Gasteiger partial charge in [0.15, 0.2) is 0 Å². The number of anilines is 1. The van der Waals surface area contributed by atoms with Crippen molar-refractivity contribution in [3.05, 3.63) is 70.3 Å². The standard InChI is InChI=1S/C35H43ClN4O5S/c1-22-5-4-6-32(44-3)29-12-9-25(29)17-40-18-30-26(8-7-23-15-27(36)11-13-28(23)30)19-45-33-14-10-24(16-31(33)40)34(41)39-46(43,20-22)21-38-35(42)37-2/h4,6,10-11,13-16,21-22,25-26,29-30,32H,5,7-9,12,17-20H2,1-3H3,(H,37,42)/b6-4+,38-21?/t22-,25-,26?,29+,30?,32-,46?/m0/s1. The number of halogens is 1. The van der Waals surface area contributed by atoms with Gasteiger partial charge in [0.1, 0.15) is 11.3 Å². The van der Waals surface area contributed by atoms with E-state index in [4.69, 9.17) is 21.1 Å². The summed E-state index contributed by atoms with van der Waals surface area (Å²) in [5.74, 6) is 1.47. The Labute approximate surface area is 277 Å². The lowest BCUT2D eigenvalue weighted by atomic mass is 9.69. The van der Waals surface area contributed by atoms with Crippen LogP contribution < -0.4 is 15.0 Å². The van der Waals surface area contributed by atoms with Gasteiger partial charge in [-0.3, -0.25) is 4.79 Å². The Morgan fingerprint density at radius 1 is 1.17 bits per heavy atom. The Kier molecular flexibility index (Phi) is 9.87. The van der Waals surface area contributed by atoms with Crippen LogP contribution in [0, 0.1) is 23.7 Å². The second kappa shape index (κ2) is 13.9. The molecule has 1 N–H and O–H groups in total. The van der Waals surface area contributed by atoms with Gasteiger partial charge in [0.2, 0.25) is 0 Å². The van der Waals surface area contributed by atoms with Gasteiger partial charge in [-0.05, 0) is 91.3 Å². The van der Waals surface area contributed by atoms with Crippen molar-refractivity contribution >= 4 is 44.5 Å². The summed E-state index contributed by atoms with van der Waals surface area (Å²) >= 11 is 6.40. The van der Waals surface area contributed by atoms with Gasteiger partial charge in [0, 0.05) is 55.4 Å². The zero-order chi connectivity index (χ0) is 32.4. The van der Waals surface area contributed by atoms with Crippen LogP contribution in [0.25, 0.3) is 0 Å². The van der Waals surface area contributed by atoms with Gasteiger partial charge in [0.25, 0.3) is 5.91 Å². The fraction of sp³-hybridized carbons (Fsp3) is 0.514. The number of allylic oxidation sites excluding steroid dienone is 1. The molecule has 4 aliphatic rings. The summed E-state index contributed by atoms with van der Waals surface area (Å²) in [6, 6.07) is 11.0. The molecular formula is C35H43ClN4O5S. The van der Waals surface area contributed by atoms with Crippen LogP contribution in [0.1, 0.15) is 60.0 Å². The molecule has 2 bridgehead atoms. The SMILES string of the molecule is CNC(=O)N=CS1(=O)=NC(=O)c2ccc3c(c2)N(CC2c4ccc(Cl)cc4CCC2CO3)C[C@@H]2CC[C@H]2[C@@H](OC)/C=C/C[C@H](C)C1. The van der Waals surface area contributed by atoms with Crippen LogP contribution in [0.3, 0.4) is 0 Å². The monoisotopic (exact) mass is 666 g/mol. The summed E-state index contributed by atoms with van der Waals surface area (Å²) in [6.07, 6.45) is 8.96. The van der Waals surface area contributed by atoms with E-state index in [1.165, 1.54) is 18.2 Å². The number of carbonyl (C=O) groups is 2. The first-order valence-corrected chi connectivity index (χ1v) is 18.3. The fourth-order valence-corrected chi connectivity index (χ4v) is 9.47. The van der Waals surface area contributed by atoms with E-state index in [0.717, 1.165) is 60.8 Å². The molecule has 6 rings (SSSR count). The van der Waals surface area contributed by atoms with Crippen LogP contribution in [0.4, 0.5) is 10.5 Å². The van der Waals surface area contributed by atoms with Crippen molar-refractivity contribution in [2.45, 2.75) is 51.0 Å². The lowest BCUT2D eigenvalue weighted by molar-refractivity contribution is 0.0131. The minimum absolute atomic E-state index is 0.0357. The summed E-state index contributed by atoms with van der Waals surface area (Å²) in [6.45, 7) is 4.10. The first-order chi connectivity index (χ1) is 22.2. The molecule has 2 aliphatic carbocycles. The highest BCUT2D eigenvalue weighted by molar-refractivity contribution is 8.06. The second-order valence-corrected chi connectivity index (χ2v) is 15.7. The Morgan fingerprint density at radius 2 is 2.02 bits per heavy atom. The molecule has 0 radical (unpaired) electrons. The highest BCUT2D eigenvalue weighted by atomic mass is 35.5. The molecule has 2 aromatic carbocycles. The highest BCUT2D eigenvalue weighted by Crippen LogP contribution is 2.45. The zero-order valence-corrected chi connectivity index (χ0v) is 28.3. The maximum atomic E-state index is 14.1. The number of ether oxygens (including phenoxy) is 2. The zero-order valence-electron chi connectivity index (χ0n) is 26.7. The third-order valence-corrected chi connectivity index (χ3v) is 12.3. The fourth-order valence-electron chi connectivity index (χ4n) is 7.47. The maximum Gasteiger partial charge on any atom is 0.341 e. The topological polar surface area (TPSA) is 110 Å². The maximum absolute atomic E-state index is 14.1. The van der Waals surface area contributed by atoms with E-state index in [2.05, 4.69) is 43.9 Å². The average Bonchev–Trinajstić information content (AvgIpc) is 3.02. The molecule has 7 atom stereocenters. The number of methoxy groups -OCH3 is 1. The van der Waals surface area contributed by atoms with E-state index in [-0.39, 0.29) is 23.7 Å². The molecule has 2 aromatic rings. The molecule has 2 heterocycles. The van der Waals surface area contributed by atoms with Crippen molar-refractivity contribution in [1.82, 2.24) is 5.32 Å². The first-order valence-electron chi connectivity index (χ1n) is 16.2. The largest absolute Gasteiger partial charge is 0.491 e. The van der Waals surface area contributed by atoms with Crippen molar-refractivity contribution in [1.29, 1.82) is 0 Å². The van der Waals surface area contributed by atoms with Crippen LogP contribution in [-0.4, -0.2) is 67.4 Å². The van der Waals surface area contributed by atoms with E-state index in [1.807, 2.05) is 25.1 Å². The number of fused-ring (bicyclic) bond motifs is 5. The Hall–Kier alpha value is -3.21. The number of nitrogens with zero attached hydrogens (tertiary/aromatic N) is 3. The van der Waals surface area contributed by atoms with E-state index < -0.39 is 21.7 Å². The smallest absolute Gasteiger partial charge is 0.341 e. The van der Waals surface area contributed by atoms with Crippen molar-refractivity contribution in [2.75, 3.05) is 44.5 Å². The van der Waals surface area contributed by atoms with E-state index in [0.29, 0.717) is 36.3 Å². The summed E-state index contributed by atoms with van der Waals surface area (Å²) < 4.78 is 30.8. The normalized spacial score (nSPS) is 31.9. The Balaban J connectivity index is 1.45. The minimum Gasteiger partial charge on any atom is -0.491 e. The molecule has 246 valence electrons. The number of urea groups is 1. The predicted molar refractivity (Wildman–Crippen MR) is 183 cm³/mol. The molecule has 46 heavy (non-hydrogen) atoms. The molecule has 3 unspecified atom stereocenters. The van der Waals surface area contributed by atoms with Crippen LogP contribution in [0.2, 0.25) is 5.02 Å². The van der Waals surface area contributed by atoms with Gasteiger partial charge in [-0.15, -0.1) is 0 Å². The minimum atomic E-state index is -3.30. The Bertz CT molecular complexity index is 1670. The predicted octanol–water partition coefficient (Wildman–Crippen LogP) is 6.50. The van der Waals surface area contributed by atoms with Crippen molar-refractivity contribution < 1.29 is 23.3 Å². The molecule has 1 fully saturated rings. The molecule has 2 aliphatic heterocycles. The number of nitrogens with one attached hydrogen (secondary N) is 1. The third-order valence-electron chi connectivity index (χ3n) is 10.1. The van der Waals surface area contributed by atoms with Crippen LogP contribution >= 0.6 is 11.6 Å². The number of benzene rings is 2. The number of amides is 3. The van der Waals surface area contributed by atoms with E-state index in [9.17, 15) is 13.8 Å². The molecule has 3 amide bonds. The summed E-state index contributed by atoms with van der Waals surface area (Å²) in [5.41, 5.74) is 4.80. The molecule has 9 nitrogen and oxygen atoms in total. The van der Waals surface area contributed by atoms with Crippen LogP contribution in [0.5, 0.6) is 5.75 Å².